The molecule has 0 N–H and O–H groups in total. The fourth-order valence-corrected chi connectivity index (χ4v) is 4.49. The lowest BCUT2D eigenvalue weighted by atomic mass is 10.1. The molecule has 8 heteroatoms. The minimum Gasteiger partial charge on any atom is -0.445 e. The summed E-state index contributed by atoms with van der Waals surface area (Å²) in [5, 5.41) is 0.345. The summed E-state index contributed by atoms with van der Waals surface area (Å²) < 4.78 is 28.2. The fourth-order valence-electron chi connectivity index (χ4n) is 4.49. The van der Waals surface area contributed by atoms with Crippen LogP contribution < -0.4 is 10.3 Å². The second-order valence-corrected chi connectivity index (χ2v) is 8.39. The van der Waals surface area contributed by atoms with Crippen molar-refractivity contribution < 1.29 is 18.7 Å². The van der Waals surface area contributed by atoms with Crippen molar-refractivity contribution >= 4 is 22.7 Å². The molecule has 2 fully saturated rings. The van der Waals surface area contributed by atoms with E-state index in [2.05, 4.69) is 0 Å². The van der Waals surface area contributed by atoms with E-state index in [1.807, 2.05) is 39.8 Å². The summed E-state index contributed by atoms with van der Waals surface area (Å²) in [6.45, 7) is 2.70. The summed E-state index contributed by atoms with van der Waals surface area (Å²) in [7, 11) is 0. The zero-order valence-corrected chi connectivity index (χ0v) is 18.3. The predicted octanol–water partition coefficient (Wildman–Crippen LogP) is 3.91. The van der Waals surface area contributed by atoms with Crippen molar-refractivity contribution in [2.75, 3.05) is 37.7 Å². The van der Waals surface area contributed by atoms with Gasteiger partial charge in [0, 0.05) is 50.4 Å². The monoisotopic (exact) mass is 451 g/mol. The molecule has 3 aromatic rings. The number of carbonyl (C=O) groups is 1. The molecule has 5 rings (SSSR count). The van der Waals surface area contributed by atoms with Crippen LogP contribution in [-0.2, 0) is 16.1 Å². The van der Waals surface area contributed by atoms with E-state index in [0.717, 1.165) is 18.4 Å². The van der Waals surface area contributed by atoms with Crippen LogP contribution in [0.15, 0.2) is 59.5 Å². The molecule has 1 atom stereocenters. The smallest absolute Gasteiger partial charge is 0.410 e. The van der Waals surface area contributed by atoms with Crippen molar-refractivity contribution in [2.45, 2.75) is 25.7 Å². The zero-order valence-electron chi connectivity index (χ0n) is 18.3. The molecule has 0 bridgehead atoms. The number of rotatable bonds is 4. The summed E-state index contributed by atoms with van der Waals surface area (Å²) in [5.74, 6) is -0.440. The summed E-state index contributed by atoms with van der Waals surface area (Å²) >= 11 is 0. The third-order valence-electron chi connectivity index (χ3n) is 6.29. The van der Waals surface area contributed by atoms with Crippen LogP contribution in [0.5, 0.6) is 0 Å². The second kappa shape index (κ2) is 9.23. The Morgan fingerprint density at radius 1 is 1.09 bits per heavy atom. The number of benzene rings is 2. The average Bonchev–Trinajstić information content (AvgIpc) is 3.38. The van der Waals surface area contributed by atoms with Gasteiger partial charge in [-0.1, -0.05) is 30.3 Å². The van der Waals surface area contributed by atoms with Crippen LogP contribution in [-0.4, -0.2) is 48.3 Å². The zero-order chi connectivity index (χ0) is 22.8. The molecular weight excluding hydrogens is 425 g/mol. The Bertz CT molecular complexity index is 1200. The molecule has 3 heterocycles. The average molecular weight is 451 g/mol. The number of ether oxygens (including phenoxy) is 2. The summed E-state index contributed by atoms with van der Waals surface area (Å²) in [5.41, 5.74) is 1.81. The molecule has 2 aliphatic rings. The normalized spacial score (nSPS) is 18.6. The van der Waals surface area contributed by atoms with Crippen LogP contribution >= 0.6 is 0 Å². The van der Waals surface area contributed by atoms with Crippen LogP contribution in [0.25, 0.3) is 10.9 Å². The van der Waals surface area contributed by atoms with Gasteiger partial charge in [0.2, 0.25) is 0 Å². The first-order valence-electron chi connectivity index (χ1n) is 11.3. The van der Waals surface area contributed by atoms with E-state index in [1.165, 1.54) is 12.1 Å². The summed E-state index contributed by atoms with van der Waals surface area (Å²) in [4.78, 5) is 28.4. The number of nitrogens with zero attached hydrogens (tertiary/aromatic N) is 3. The maximum Gasteiger partial charge on any atom is 0.410 e. The first-order chi connectivity index (χ1) is 16.1. The molecule has 0 aliphatic carbocycles. The molecule has 2 aliphatic heterocycles. The number of aromatic nitrogens is 1. The number of anilines is 1. The maximum absolute atomic E-state index is 15.0. The van der Waals surface area contributed by atoms with Crippen LogP contribution in [0.2, 0.25) is 0 Å². The largest absolute Gasteiger partial charge is 0.445 e. The Hall–Kier alpha value is -3.39. The van der Waals surface area contributed by atoms with Gasteiger partial charge in [0.25, 0.3) is 0 Å². The predicted molar refractivity (Wildman–Crippen MR) is 123 cm³/mol. The van der Waals surface area contributed by atoms with Crippen LogP contribution in [0.1, 0.15) is 24.6 Å². The van der Waals surface area contributed by atoms with E-state index in [4.69, 9.17) is 9.47 Å². The molecule has 172 valence electrons. The Morgan fingerprint density at radius 3 is 2.61 bits per heavy atom. The summed E-state index contributed by atoms with van der Waals surface area (Å²) in [6.07, 6.45) is 3.01. The van der Waals surface area contributed by atoms with Gasteiger partial charge in [0.1, 0.15) is 18.7 Å². The number of piperazine rings is 1. The quantitative estimate of drug-likeness (QED) is 0.602. The molecule has 0 saturated carbocycles. The molecule has 1 amide bonds. The van der Waals surface area contributed by atoms with E-state index >= 15 is 4.39 Å². The molecule has 2 aromatic carbocycles. The van der Waals surface area contributed by atoms with E-state index in [0.29, 0.717) is 49.4 Å². The van der Waals surface area contributed by atoms with Gasteiger partial charge in [-0.15, -0.1) is 0 Å². The molecule has 2 saturated heterocycles. The number of hydrogen-bond donors (Lipinski definition) is 0. The first kappa shape index (κ1) is 21.5. The lowest BCUT2D eigenvalue weighted by Gasteiger charge is -2.35. The molecule has 1 unspecified atom stereocenters. The Labute approximate surface area is 190 Å². The number of fused-ring (bicyclic) bond motifs is 1. The van der Waals surface area contributed by atoms with Gasteiger partial charge in [0.05, 0.1) is 11.2 Å². The highest BCUT2D eigenvalue weighted by Gasteiger charge is 2.25. The van der Waals surface area contributed by atoms with Crippen molar-refractivity contribution in [3.8, 4) is 0 Å². The van der Waals surface area contributed by atoms with Gasteiger partial charge >= 0.3 is 6.09 Å². The molecular formula is C25H26FN3O4. The lowest BCUT2D eigenvalue weighted by Crippen LogP contribution is -2.49. The number of carbonyl (C=O) groups excluding carboxylic acids is 1. The number of halogens is 1. The van der Waals surface area contributed by atoms with Crippen molar-refractivity contribution in [3.05, 3.63) is 76.3 Å². The maximum atomic E-state index is 15.0. The third-order valence-corrected chi connectivity index (χ3v) is 6.29. The minimum absolute atomic E-state index is 0.150. The summed E-state index contributed by atoms with van der Waals surface area (Å²) in [6, 6.07) is 14.0. The van der Waals surface area contributed by atoms with E-state index in [1.54, 1.807) is 17.2 Å². The molecule has 7 nitrogen and oxygen atoms in total. The molecule has 0 radical (unpaired) electrons. The van der Waals surface area contributed by atoms with E-state index in [-0.39, 0.29) is 24.4 Å². The number of amides is 1. The van der Waals surface area contributed by atoms with Gasteiger partial charge in [-0.05, 0) is 30.5 Å². The van der Waals surface area contributed by atoms with Crippen molar-refractivity contribution in [1.29, 1.82) is 0 Å². The number of hydrogen-bond acceptors (Lipinski definition) is 5. The first-order valence-corrected chi connectivity index (χ1v) is 11.3. The Kier molecular flexibility index (Phi) is 6.00. The molecule has 33 heavy (non-hydrogen) atoms. The standard InChI is InChI=1S/C25H26FN3O4/c26-20-15-19-21(29(9-8-23(19)30)24-7-4-14-32-24)16-22(20)27-10-12-28(13-11-27)25(31)33-17-18-5-2-1-3-6-18/h1-3,5-6,8-9,15-16,24H,4,7,10-14,17H2. The SMILES string of the molecule is O=C(OCc1ccccc1)N1CCN(c2cc3c(cc2F)c(=O)ccn3C2CCCO2)CC1. The van der Waals surface area contributed by atoms with Crippen LogP contribution in [0.3, 0.4) is 0 Å². The Morgan fingerprint density at radius 2 is 1.88 bits per heavy atom. The number of pyridine rings is 1. The van der Waals surface area contributed by atoms with Crippen LogP contribution in [0, 0.1) is 5.82 Å². The fraction of sp³-hybridized carbons (Fsp3) is 0.360. The topological polar surface area (TPSA) is 64.0 Å². The Balaban J connectivity index is 1.31. The minimum atomic E-state index is -0.440. The highest BCUT2D eigenvalue weighted by molar-refractivity contribution is 5.83. The van der Waals surface area contributed by atoms with Gasteiger partial charge in [-0.3, -0.25) is 4.79 Å². The van der Waals surface area contributed by atoms with Gasteiger partial charge in [-0.25, -0.2) is 9.18 Å². The van der Waals surface area contributed by atoms with Crippen molar-refractivity contribution in [3.63, 3.8) is 0 Å². The lowest BCUT2D eigenvalue weighted by molar-refractivity contribution is 0.0596. The highest BCUT2D eigenvalue weighted by atomic mass is 19.1. The van der Waals surface area contributed by atoms with Crippen LogP contribution in [0.4, 0.5) is 14.9 Å². The van der Waals surface area contributed by atoms with Gasteiger partial charge in [-0.2, -0.15) is 0 Å². The van der Waals surface area contributed by atoms with Crippen molar-refractivity contribution in [2.24, 2.45) is 0 Å². The van der Waals surface area contributed by atoms with E-state index < -0.39 is 5.82 Å². The van der Waals surface area contributed by atoms with E-state index in [9.17, 15) is 9.59 Å². The molecule has 1 aromatic heterocycles. The van der Waals surface area contributed by atoms with Gasteiger partial charge in [0.15, 0.2) is 5.43 Å². The van der Waals surface area contributed by atoms with Gasteiger partial charge < -0.3 is 23.8 Å². The third kappa shape index (κ3) is 4.43. The highest BCUT2D eigenvalue weighted by Crippen LogP contribution is 2.30. The van der Waals surface area contributed by atoms with Crippen molar-refractivity contribution in [1.82, 2.24) is 9.47 Å². The second-order valence-electron chi connectivity index (χ2n) is 8.39. The molecule has 0 spiro atoms.